The summed E-state index contributed by atoms with van der Waals surface area (Å²) in [6, 6.07) is 32.3. The van der Waals surface area contributed by atoms with Gasteiger partial charge in [-0.1, -0.05) is 48.5 Å². The molecule has 150 valence electrons. The van der Waals surface area contributed by atoms with Gasteiger partial charge in [-0.05, 0) is 48.0 Å². The van der Waals surface area contributed by atoms with E-state index in [2.05, 4.69) is 6.07 Å². The highest BCUT2D eigenvalue weighted by atomic mass is 16.7. The van der Waals surface area contributed by atoms with E-state index in [1.165, 1.54) is 0 Å². The van der Waals surface area contributed by atoms with E-state index in [1.807, 2.05) is 110 Å². The van der Waals surface area contributed by atoms with Crippen molar-refractivity contribution < 1.29 is 18.5 Å². The average molecular weight is 407 g/mol. The number of para-hydroxylation sites is 2. The van der Waals surface area contributed by atoms with Crippen LogP contribution in [0.4, 0.5) is 0 Å². The lowest BCUT2D eigenvalue weighted by molar-refractivity contribution is -0.673. The van der Waals surface area contributed by atoms with E-state index in [0.717, 1.165) is 11.1 Å². The van der Waals surface area contributed by atoms with Crippen molar-refractivity contribution in [1.82, 2.24) is 0 Å². The van der Waals surface area contributed by atoms with Crippen molar-refractivity contribution in [3.05, 3.63) is 109 Å². The third kappa shape index (κ3) is 5.03. The smallest absolute Gasteiger partial charge is 0.490 e. The monoisotopic (exact) mass is 407 g/mol. The van der Waals surface area contributed by atoms with Crippen LogP contribution >= 0.6 is 0 Å². The van der Waals surface area contributed by atoms with Crippen molar-refractivity contribution in [3.63, 3.8) is 0 Å². The number of rotatable bonds is 7. The normalized spacial score (nSPS) is 10.1. The van der Waals surface area contributed by atoms with Crippen LogP contribution in [0.25, 0.3) is 11.1 Å². The zero-order valence-corrected chi connectivity index (χ0v) is 17.0. The maximum Gasteiger partial charge on any atom is 0.864 e. The summed E-state index contributed by atoms with van der Waals surface area (Å²) >= 11 is 0. The Labute approximate surface area is 181 Å². The third-order valence-corrected chi connectivity index (χ3v) is 4.63. The van der Waals surface area contributed by atoms with Crippen molar-refractivity contribution in [2.75, 3.05) is 0 Å². The summed E-state index contributed by atoms with van der Waals surface area (Å²) in [6.07, 6.45) is 1.85. The zero-order chi connectivity index (χ0) is 21.5. The Morgan fingerprint density at radius 1 is 0.677 bits per heavy atom. The Morgan fingerprint density at radius 3 is 1.71 bits per heavy atom. The Hall–Kier alpha value is -4.24. The maximum absolute atomic E-state index is 9.49. The van der Waals surface area contributed by atoms with Crippen LogP contribution in [-0.2, 0) is 7.05 Å². The first kappa shape index (κ1) is 20.1. The fourth-order valence-corrected chi connectivity index (χ4v) is 3.10. The molecule has 31 heavy (non-hydrogen) atoms. The first-order chi connectivity index (χ1) is 15.2. The summed E-state index contributed by atoms with van der Waals surface area (Å²) in [5.41, 5.74) is 2.37. The maximum atomic E-state index is 9.49. The number of aryl methyl sites for hydroxylation is 1. The number of hydrogen-bond donors (Lipinski definition) is 0. The van der Waals surface area contributed by atoms with E-state index in [-0.39, 0.29) is 0 Å². The van der Waals surface area contributed by atoms with Crippen molar-refractivity contribution >= 4 is 7.32 Å². The van der Waals surface area contributed by atoms with Crippen molar-refractivity contribution in [2.45, 2.75) is 0 Å². The first-order valence-electron chi connectivity index (χ1n) is 9.82. The molecule has 0 atom stereocenters. The van der Waals surface area contributed by atoms with Crippen LogP contribution < -0.4 is 18.5 Å². The third-order valence-electron chi connectivity index (χ3n) is 4.63. The predicted molar refractivity (Wildman–Crippen MR) is 118 cm³/mol. The standard InChI is InChI=1S/C25H20BN2O3/c1-28-18-8-13-24(25(28)19-27)20-14-16-23(17-15-20)31-26(29-21-9-4-2-5-10-21)30-22-11-6-3-7-12-22/h2-18H,1H3/q+1. The quantitative estimate of drug-likeness (QED) is 0.333. The molecular formula is C25H20BN2O3+. The van der Waals surface area contributed by atoms with Crippen molar-refractivity contribution in [2.24, 2.45) is 7.05 Å². The van der Waals surface area contributed by atoms with E-state index in [9.17, 15) is 5.26 Å². The average Bonchev–Trinajstić information content (AvgIpc) is 2.81. The molecular weight excluding hydrogens is 387 g/mol. The lowest BCUT2D eigenvalue weighted by atomic mass is 10.0. The van der Waals surface area contributed by atoms with Crippen LogP contribution in [0, 0.1) is 11.3 Å². The van der Waals surface area contributed by atoms with Gasteiger partial charge in [0.05, 0.1) is 5.56 Å². The topological polar surface area (TPSA) is 55.4 Å². The Bertz CT molecular complexity index is 1140. The Kier molecular flexibility index (Phi) is 6.15. The molecule has 0 fully saturated rings. The molecule has 0 amide bonds. The molecule has 0 saturated carbocycles. The van der Waals surface area contributed by atoms with Gasteiger partial charge in [-0.15, -0.1) is 0 Å². The van der Waals surface area contributed by atoms with Gasteiger partial charge >= 0.3 is 7.32 Å². The van der Waals surface area contributed by atoms with E-state index in [0.29, 0.717) is 22.9 Å². The number of benzene rings is 3. The van der Waals surface area contributed by atoms with Gasteiger partial charge in [0, 0.05) is 6.07 Å². The molecule has 0 saturated heterocycles. The van der Waals surface area contributed by atoms with E-state index in [4.69, 9.17) is 14.0 Å². The largest absolute Gasteiger partial charge is 0.864 e. The molecule has 5 nitrogen and oxygen atoms in total. The number of nitrogens with zero attached hydrogens (tertiary/aromatic N) is 2. The van der Waals surface area contributed by atoms with Crippen molar-refractivity contribution in [3.8, 4) is 34.4 Å². The molecule has 3 aromatic carbocycles. The van der Waals surface area contributed by atoms with Crippen LogP contribution in [0.15, 0.2) is 103 Å². The fourth-order valence-electron chi connectivity index (χ4n) is 3.10. The highest BCUT2D eigenvalue weighted by Gasteiger charge is 2.30. The number of hydrogen-bond acceptors (Lipinski definition) is 4. The predicted octanol–water partition coefficient (Wildman–Crippen LogP) is 4.57. The molecule has 0 bridgehead atoms. The van der Waals surface area contributed by atoms with Gasteiger partial charge in [-0.25, -0.2) is 0 Å². The molecule has 0 spiro atoms. The van der Waals surface area contributed by atoms with E-state index >= 15 is 0 Å². The summed E-state index contributed by atoms with van der Waals surface area (Å²) in [5.74, 6) is 1.85. The second-order valence-corrected chi connectivity index (χ2v) is 6.79. The van der Waals surface area contributed by atoms with Gasteiger partial charge in [0.2, 0.25) is 0 Å². The molecule has 6 heteroatoms. The molecule has 4 aromatic rings. The summed E-state index contributed by atoms with van der Waals surface area (Å²) in [4.78, 5) is 0. The van der Waals surface area contributed by atoms with Crippen LogP contribution in [-0.4, -0.2) is 7.32 Å². The highest BCUT2D eigenvalue weighted by Crippen LogP contribution is 2.25. The lowest BCUT2D eigenvalue weighted by Gasteiger charge is -2.16. The molecule has 0 radical (unpaired) electrons. The van der Waals surface area contributed by atoms with Gasteiger partial charge in [0.25, 0.3) is 5.69 Å². The molecule has 0 N–H and O–H groups in total. The zero-order valence-electron chi connectivity index (χ0n) is 17.0. The second kappa shape index (κ2) is 9.51. The summed E-state index contributed by atoms with van der Waals surface area (Å²) in [7, 11) is 0.881. The number of pyridine rings is 1. The van der Waals surface area contributed by atoms with Crippen LogP contribution in [0.3, 0.4) is 0 Å². The minimum absolute atomic E-state index is 0.583. The van der Waals surface area contributed by atoms with Crippen LogP contribution in [0.1, 0.15) is 5.69 Å². The van der Waals surface area contributed by atoms with E-state index in [1.54, 1.807) is 4.57 Å². The molecule has 0 aliphatic carbocycles. The Balaban J connectivity index is 1.55. The highest BCUT2D eigenvalue weighted by molar-refractivity contribution is 6.39. The summed E-state index contributed by atoms with van der Waals surface area (Å²) in [6.45, 7) is 0. The van der Waals surface area contributed by atoms with Gasteiger partial charge < -0.3 is 14.0 Å². The van der Waals surface area contributed by atoms with Crippen LogP contribution in [0.2, 0.25) is 0 Å². The Morgan fingerprint density at radius 2 is 1.19 bits per heavy atom. The lowest BCUT2D eigenvalue weighted by Crippen LogP contribution is -2.36. The molecule has 0 aliphatic heterocycles. The van der Waals surface area contributed by atoms with E-state index < -0.39 is 7.32 Å². The minimum Gasteiger partial charge on any atom is -0.490 e. The summed E-state index contributed by atoms with van der Waals surface area (Å²) in [5, 5.41) is 9.49. The van der Waals surface area contributed by atoms with Crippen LogP contribution in [0.5, 0.6) is 17.2 Å². The fraction of sp³-hybridized carbons (Fsp3) is 0.0400. The van der Waals surface area contributed by atoms with Gasteiger partial charge in [0.1, 0.15) is 24.3 Å². The molecule has 1 aromatic heterocycles. The SMILES string of the molecule is C[n+]1cccc(-c2ccc(OB(Oc3ccccc3)Oc3ccccc3)cc2)c1C#N. The van der Waals surface area contributed by atoms with Gasteiger partial charge in [-0.3, -0.25) is 0 Å². The van der Waals surface area contributed by atoms with Crippen molar-refractivity contribution in [1.29, 1.82) is 5.26 Å². The first-order valence-corrected chi connectivity index (χ1v) is 9.82. The number of aromatic nitrogens is 1. The molecule has 0 unspecified atom stereocenters. The van der Waals surface area contributed by atoms with Gasteiger partial charge in [0.15, 0.2) is 12.3 Å². The second-order valence-electron chi connectivity index (χ2n) is 6.79. The molecule has 0 aliphatic rings. The summed E-state index contributed by atoms with van der Waals surface area (Å²) < 4.78 is 19.6. The molecule has 4 rings (SSSR count). The minimum atomic E-state index is -0.972. The number of nitriles is 1. The molecule has 1 heterocycles. The van der Waals surface area contributed by atoms with Gasteiger partial charge in [-0.2, -0.15) is 9.83 Å².